The van der Waals surface area contributed by atoms with Crippen LogP contribution < -0.4 is 0 Å². The van der Waals surface area contributed by atoms with Gasteiger partial charge in [-0.25, -0.2) is 0 Å². The van der Waals surface area contributed by atoms with E-state index in [-0.39, 0.29) is 12.1 Å². The van der Waals surface area contributed by atoms with Crippen LogP contribution in [0, 0.1) is 40.9 Å². The van der Waals surface area contributed by atoms with Gasteiger partial charge in [-0.05, 0) is 86.0 Å². The summed E-state index contributed by atoms with van der Waals surface area (Å²) in [5, 5.41) is 0. The molecule has 0 radical (unpaired) electrons. The molecule has 0 N–H and O–H groups in total. The molecule has 4 fully saturated rings. The van der Waals surface area contributed by atoms with Gasteiger partial charge < -0.3 is 4.74 Å². The Balaban J connectivity index is 1.52. The van der Waals surface area contributed by atoms with Crippen molar-refractivity contribution in [2.75, 3.05) is 0 Å². The molecular formula is C24H32O3. The second-order valence-corrected chi connectivity index (χ2v) is 10.2. The molecule has 3 saturated carbocycles. The second kappa shape index (κ2) is 6.32. The monoisotopic (exact) mass is 368 g/mol. The SMILES string of the molecule is C=C[C@@H]1CC2=CC(=O)CCC2C2CCC3(C)CCCC(=O)O[C@@H]4C[C@@H]4C3C21. The van der Waals surface area contributed by atoms with Gasteiger partial charge >= 0.3 is 5.97 Å². The Hall–Kier alpha value is -1.38. The molecule has 4 aliphatic carbocycles. The molecule has 5 aliphatic rings. The van der Waals surface area contributed by atoms with Gasteiger partial charge in [0.15, 0.2) is 5.78 Å². The van der Waals surface area contributed by atoms with Crippen LogP contribution in [0.4, 0.5) is 0 Å². The van der Waals surface area contributed by atoms with Crippen LogP contribution in [-0.2, 0) is 14.3 Å². The number of rotatable bonds is 1. The molecule has 8 atom stereocenters. The van der Waals surface area contributed by atoms with Crippen molar-refractivity contribution in [2.24, 2.45) is 40.9 Å². The number of carbonyl (C=O) groups is 2. The summed E-state index contributed by atoms with van der Waals surface area (Å²) in [6.07, 6.45) is 13.4. The molecule has 5 unspecified atom stereocenters. The van der Waals surface area contributed by atoms with E-state index in [1.807, 2.05) is 6.08 Å². The minimum absolute atomic E-state index is 0.0150. The Kier molecular flexibility index (Phi) is 4.14. The van der Waals surface area contributed by atoms with Crippen LogP contribution in [0.1, 0.15) is 64.7 Å². The van der Waals surface area contributed by atoms with E-state index in [0.29, 0.717) is 53.1 Å². The van der Waals surface area contributed by atoms with E-state index < -0.39 is 0 Å². The average molecular weight is 369 g/mol. The Morgan fingerprint density at radius 3 is 2.85 bits per heavy atom. The van der Waals surface area contributed by atoms with E-state index in [9.17, 15) is 9.59 Å². The molecule has 0 spiro atoms. The number of esters is 1. The Labute approximate surface area is 162 Å². The highest BCUT2D eigenvalue weighted by molar-refractivity contribution is 5.91. The van der Waals surface area contributed by atoms with Gasteiger partial charge in [-0.3, -0.25) is 9.59 Å². The quantitative estimate of drug-likeness (QED) is 0.490. The highest BCUT2D eigenvalue weighted by Crippen LogP contribution is 2.65. The van der Waals surface area contributed by atoms with Crippen molar-refractivity contribution in [3.05, 3.63) is 24.3 Å². The van der Waals surface area contributed by atoms with Crippen LogP contribution in [0.3, 0.4) is 0 Å². The highest BCUT2D eigenvalue weighted by Gasteiger charge is 2.61. The van der Waals surface area contributed by atoms with Crippen LogP contribution >= 0.6 is 0 Å². The summed E-state index contributed by atoms with van der Waals surface area (Å²) in [6.45, 7) is 6.70. The van der Waals surface area contributed by atoms with Crippen molar-refractivity contribution >= 4 is 11.8 Å². The van der Waals surface area contributed by atoms with Crippen LogP contribution in [0.5, 0.6) is 0 Å². The minimum atomic E-state index is 0.0150. The predicted octanol–water partition coefficient (Wildman–Crippen LogP) is 4.86. The zero-order valence-corrected chi connectivity index (χ0v) is 16.5. The number of carbonyl (C=O) groups excluding carboxylic acids is 2. The normalized spacial score (nSPS) is 48.9. The molecule has 0 bridgehead atoms. The molecule has 1 aliphatic heterocycles. The van der Waals surface area contributed by atoms with Crippen LogP contribution in [0.25, 0.3) is 0 Å². The van der Waals surface area contributed by atoms with Gasteiger partial charge in [-0.1, -0.05) is 18.6 Å². The van der Waals surface area contributed by atoms with Crippen molar-refractivity contribution in [1.29, 1.82) is 0 Å². The van der Waals surface area contributed by atoms with Crippen LogP contribution in [-0.4, -0.2) is 17.9 Å². The lowest BCUT2D eigenvalue weighted by atomic mass is 9.47. The molecule has 1 saturated heterocycles. The summed E-state index contributed by atoms with van der Waals surface area (Å²) in [6, 6.07) is 0. The third kappa shape index (κ3) is 2.84. The van der Waals surface area contributed by atoms with Gasteiger partial charge in [0.25, 0.3) is 0 Å². The van der Waals surface area contributed by atoms with E-state index >= 15 is 0 Å². The molecule has 146 valence electrons. The van der Waals surface area contributed by atoms with Crippen LogP contribution in [0.15, 0.2) is 24.3 Å². The molecule has 5 rings (SSSR count). The first-order chi connectivity index (χ1) is 13.0. The summed E-state index contributed by atoms with van der Waals surface area (Å²) in [7, 11) is 0. The van der Waals surface area contributed by atoms with E-state index in [0.717, 1.165) is 38.5 Å². The molecule has 3 heteroatoms. The van der Waals surface area contributed by atoms with Crippen LogP contribution in [0.2, 0.25) is 0 Å². The lowest BCUT2D eigenvalue weighted by Gasteiger charge is -2.57. The van der Waals surface area contributed by atoms with Crippen molar-refractivity contribution in [3.8, 4) is 0 Å². The predicted molar refractivity (Wildman–Crippen MR) is 104 cm³/mol. The van der Waals surface area contributed by atoms with E-state index in [2.05, 4.69) is 19.6 Å². The second-order valence-electron chi connectivity index (χ2n) is 10.2. The van der Waals surface area contributed by atoms with E-state index in [4.69, 9.17) is 4.74 Å². The largest absolute Gasteiger partial charge is 0.462 e. The standard InChI is InChI=1S/C24H32O3/c1-3-14-11-15-12-16(25)6-7-17(15)18-8-10-24(2)9-4-5-21(26)27-20-13-19(20)23(24)22(14)18/h3,12,14,17-20,22-23H,1,4-11,13H2,2H3/t14-,17?,18?,19+,20-,22?,23?,24?/m1/s1. The van der Waals surface area contributed by atoms with Gasteiger partial charge in [-0.2, -0.15) is 0 Å². The minimum Gasteiger partial charge on any atom is -0.462 e. The maximum absolute atomic E-state index is 12.1. The Bertz CT molecular complexity index is 706. The van der Waals surface area contributed by atoms with Gasteiger partial charge in [0, 0.05) is 18.8 Å². The van der Waals surface area contributed by atoms with Crippen molar-refractivity contribution < 1.29 is 14.3 Å². The third-order valence-corrected chi connectivity index (χ3v) is 8.72. The summed E-state index contributed by atoms with van der Waals surface area (Å²) in [4.78, 5) is 24.1. The topological polar surface area (TPSA) is 43.4 Å². The molecule has 0 aromatic rings. The fourth-order valence-corrected chi connectivity index (χ4v) is 7.52. The average Bonchev–Trinajstić information content (AvgIpc) is 3.37. The molecule has 27 heavy (non-hydrogen) atoms. The Morgan fingerprint density at radius 2 is 2.04 bits per heavy atom. The zero-order chi connectivity index (χ0) is 18.8. The van der Waals surface area contributed by atoms with E-state index in [1.54, 1.807) is 0 Å². The number of hydrogen-bond acceptors (Lipinski definition) is 3. The fourth-order valence-electron chi connectivity index (χ4n) is 7.52. The number of ether oxygens (including phenoxy) is 1. The first-order valence-electron chi connectivity index (χ1n) is 11.1. The highest BCUT2D eigenvalue weighted by atomic mass is 16.5. The summed E-state index contributed by atoms with van der Waals surface area (Å²) in [5.41, 5.74) is 1.73. The first-order valence-corrected chi connectivity index (χ1v) is 11.1. The molecule has 1 heterocycles. The zero-order valence-electron chi connectivity index (χ0n) is 16.5. The number of allylic oxidation sites excluding steroid dienone is 3. The molecule has 3 nitrogen and oxygen atoms in total. The van der Waals surface area contributed by atoms with Gasteiger partial charge in [-0.15, -0.1) is 6.58 Å². The van der Waals surface area contributed by atoms with Crippen molar-refractivity contribution in [2.45, 2.75) is 70.8 Å². The summed E-state index contributed by atoms with van der Waals surface area (Å²) >= 11 is 0. The summed E-state index contributed by atoms with van der Waals surface area (Å²) < 4.78 is 5.79. The number of hydrogen-bond donors (Lipinski definition) is 0. The maximum Gasteiger partial charge on any atom is 0.306 e. The number of ketones is 1. The molecule has 0 amide bonds. The van der Waals surface area contributed by atoms with Crippen molar-refractivity contribution in [1.82, 2.24) is 0 Å². The molecule has 0 aromatic carbocycles. The Morgan fingerprint density at radius 1 is 1.19 bits per heavy atom. The van der Waals surface area contributed by atoms with E-state index in [1.165, 1.54) is 18.4 Å². The fraction of sp³-hybridized carbons (Fsp3) is 0.750. The van der Waals surface area contributed by atoms with Gasteiger partial charge in [0.05, 0.1) is 0 Å². The van der Waals surface area contributed by atoms with Crippen molar-refractivity contribution in [3.63, 3.8) is 0 Å². The lowest BCUT2D eigenvalue weighted by Crippen LogP contribution is -2.51. The molecular weight excluding hydrogens is 336 g/mol. The smallest absolute Gasteiger partial charge is 0.306 e. The summed E-state index contributed by atoms with van der Waals surface area (Å²) in [5.74, 6) is 3.89. The lowest BCUT2D eigenvalue weighted by molar-refractivity contribution is -0.145. The number of fused-ring (bicyclic) bond motifs is 7. The molecule has 0 aromatic heterocycles. The maximum atomic E-state index is 12.1. The van der Waals surface area contributed by atoms with Gasteiger partial charge in [0.1, 0.15) is 6.10 Å². The first kappa shape index (κ1) is 17.7. The van der Waals surface area contributed by atoms with Gasteiger partial charge in [0.2, 0.25) is 0 Å². The third-order valence-electron chi connectivity index (χ3n) is 8.72.